The topological polar surface area (TPSA) is 74.8 Å². The van der Waals surface area contributed by atoms with Gasteiger partial charge in [0.1, 0.15) is 5.52 Å². The molecule has 1 aliphatic rings. The van der Waals surface area contributed by atoms with Crippen LogP contribution in [0.2, 0.25) is 0 Å². The maximum atomic E-state index is 13.3. The van der Waals surface area contributed by atoms with E-state index in [0.717, 1.165) is 41.7 Å². The van der Waals surface area contributed by atoms with Crippen LogP contribution in [0, 0.1) is 0 Å². The number of H-pyrrole nitrogens is 1. The predicted molar refractivity (Wildman–Crippen MR) is 111 cm³/mol. The van der Waals surface area contributed by atoms with Crippen molar-refractivity contribution in [2.75, 3.05) is 13.1 Å². The number of nitrogens with zero attached hydrogens (tertiary/aromatic N) is 4. The second-order valence-electron chi connectivity index (χ2n) is 7.38. The zero-order chi connectivity index (χ0) is 19.6. The Balaban J connectivity index is 1.43. The summed E-state index contributed by atoms with van der Waals surface area (Å²) in [6.07, 6.45) is 7.15. The van der Waals surface area contributed by atoms with E-state index in [-0.39, 0.29) is 11.8 Å². The van der Waals surface area contributed by atoms with Gasteiger partial charge in [-0.2, -0.15) is 5.10 Å². The maximum absolute atomic E-state index is 13.3. The van der Waals surface area contributed by atoms with Gasteiger partial charge in [0.05, 0.1) is 17.3 Å². The minimum absolute atomic E-state index is 0.0153. The van der Waals surface area contributed by atoms with Gasteiger partial charge in [0.25, 0.3) is 5.91 Å². The molecule has 1 aliphatic heterocycles. The second kappa shape index (κ2) is 7.47. The Morgan fingerprint density at radius 2 is 1.90 bits per heavy atom. The maximum Gasteiger partial charge on any atom is 0.256 e. The lowest BCUT2D eigenvalue weighted by Gasteiger charge is -2.33. The van der Waals surface area contributed by atoms with E-state index in [2.05, 4.69) is 32.3 Å². The van der Waals surface area contributed by atoms with Gasteiger partial charge in [0.2, 0.25) is 0 Å². The first kappa shape index (κ1) is 17.6. The highest BCUT2D eigenvalue weighted by Crippen LogP contribution is 2.33. The van der Waals surface area contributed by atoms with Gasteiger partial charge in [-0.3, -0.25) is 19.9 Å². The van der Waals surface area contributed by atoms with Crippen molar-refractivity contribution in [2.45, 2.75) is 18.8 Å². The lowest BCUT2D eigenvalue weighted by molar-refractivity contribution is 0.0708. The first-order valence-corrected chi connectivity index (χ1v) is 9.89. The fourth-order valence-corrected chi connectivity index (χ4v) is 4.19. The number of rotatable bonds is 3. The number of para-hydroxylation sites is 1. The van der Waals surface area contributed by atoms with Gasteiger partial charge in [-0.1, -0.05) is 36.4 Å². The molecule has 1 amide bonds. The van der Waals surface area contributed by atoms with Crippen molar-refractivity contribution in [3.8, 4) is 11.1 Å². The van der Waals surface area contributed by atoms with E-state index in [1.165, 1.54) is 0 Å². The van der Waals surface area contributed by atoms with Crippen molar-refractivity contribution < 1.29 is 4.79 Å². The molecule has 0 spiro atoms. The Bertz CT molecular complexity index is 1150. The highest BCUT2D eigenvalue weighted by Gasteiger charge is 2.29. The Hall–Kier alpha value is -3.54. The fraction of sp³-hybridized carbons (Fsp3) is 0.217. The lowest BCUT2D eigenvalue weighted by Crippen LogP contribution is -2.39. The summed E-state index contributed by atoms with van der Waals surface area (Å²) in [6.45, 7) is 1.41. The number of benzene rings is 2. The van der Waals surface area contributed by atoms with Crippen LogP contribution in [-0.4, -0.2) is 44.1 Å². The minimum atomic E-state index is 0.0153. The number of hydrogen-bond acceptors (Lipinski definition) is 4. The van der Waals surface area contributed by atoms with Crippen molar-refractivity contribution in [1.29, 1.82) is 0 Å². The standard InChI is InChI=1S/C23H21N5O/c29-23(18-9-4-10-20-22(18)25-12-11-24-20)28-13-5-8-17(15-28)21-19(14-26-27-21)16-6-2-1-3-7-16/h1-4,6-7,9-12,14,17H,5,8,13,15H2,(H,26,27)/t17-/m1/s1. The van der Waals surface area contributed by atoms with Gasteiger partial charge >= 0.3 is 0 Å². The first-order chi connectivity index (χ1) is 14.3. The Labute approximate surface area is 168 Å². The molecule has 1 fully saturated rings. The van der Waals surface area contributed by atoms with E-state index in [0.29, 0.717) is 17.6 Å². The second-order valence-corrected chi connectivity index (χ2v) is 7.38. The molecule has 1 saturated heterocycles. The van der Waals surface area contributed by atoms with E-state index in [4.69, 9.17) is 0 Å². The number of carbonyl (C=O) groups excluding carboxylic acids is 1. The number of aromatic amines is 1. The van der Waals surface area contributed by atoms with Gasteiger partial charge in [0, 0.05) is 42.7 Å². The summed E-state index contributed by atoms with van der Waals surface area (Å²) in [7, 11) is 0. The van der Waals surface area contributed by atoms with Gasteiger partial charge in [-0.15, -0.1) is 0 Å². The van der Waals surface area contributed by atoms with Gasteiger partial charge in [0.15, 0.2) is 0 Å². The minimum Gasteiger partial charge on any atom is -0.338 e. The third-order valence-corrected chi connectivity index (χ3v) is 5.60. The SMILES string of the molecule is O=C(c1cccc2nccnc12)N1CCC[C@@H](c2[nH]ncc2-c2ccccc2)C1. The smallest absolute Gasteiger partial charge is 0.256 e. The quantitative estimate of drug-likeness (QED) is 0.579. The zero-order valence-electron chi connectivity index (χ0n) is 16.0. The molecule has 0 saturated carbocycles. The number of amides is 1. The summed E-state index contributed by atoms with van der Waals surface area (Å²) >= 11 is 0. The summed E-state index contributed by atoms with van der Waals surface area (Å²) in [5.74, 6) is 0.244. The molecule has 3 heterocycles. The zero-order valence-corrected chi connectivity index (χ0v) is 16.0. The van der Waals surface area contributed by atoms with Crippen molar-refractivity contribution in [1.82, 2.24) is 25.1 Å². The Kier molecular flexibility index (Phi) is 4.52. The van der Waals surface area contributed by atoms with Gasteiger partial charge < -0.3 is 4.90 Å². The van der Waals surface area contributed by atoms with Gasteiger partial charge in [-0.05, 0) is 30.5 Å². The predicted octanol–water partition coefficient (Wildman–Crippen LogP) is 4.04. The van der Waals surface area contributed by atoms with Gasteiger partial charge in [-0.25, -0.2) is 0 Å². The molecular formula is C23H21N5O. The number of carbonyl (C=O) groups is 1. The number of hydrogen-bond donors (Lipinski definition) is 1. The summed E-state index contributed by atoms with van der Waals surface area (Å²) < 4.78 is 0. The molecule has 0 radical (unpaired) electrons. The fourth-order valence-electron chi connectivity index (χ4n) is 4.19. The Morgan fingerprint density at radius 1 is 1.03 bits per heavy atom. The van der Waals surface area contributed by atoms with Crippen LogP contribution in [-0.2, 0) is 0 Å². The molecule has 144 valence electrons. The van der Waals surface area contributed by atoms with E-state index >= 15 is 0 Å². The number of piperidine rings is 1. The van der Waals surface area contributed by atoms with Crippen LogP contribution in [0.5, 0.6) is 0 Å². The molecule has 29 heavy (non-hydrogen) atoms. The number of aromatic nitrogens is 4. The lowest BCUT2D eigenvalue weighted by atomic mass is 9.90. The largest absolute Gasteiger partial charge is 0.338 e. The number of likely N-dealkylation sites (tertiary alicyclic amines) is 1. The molecule has 6 nitrogen and oxygen atoms in total. The molecule has 0 bridgehead atoms. The van der Waals surface area contributed by atoms with Crippen molar-refractivity contribution in [2.24, 2.45) is 0 Å². The molecule has 0 unspecified atom stereocenters. The summed E-state index contributed by atoms with van der Waals surface area (Å²) in [5, 5.41) is 7.49. The third kappa shape index (κ3) is 3.27. The van der Waals surface area contributed by atoms with Crippen LogP contribution in [0.4, 0.5) is 0 Å². The monoisotopic (exact) mass is 383 g/mol. The van der Waals surface area contributed by atoms with Crippen LogP contribution in [0.3, 0.4) is 0 Å². The summed E-state index contributed by atoms with van der Waals surface area (Å²) in [5.41, 5.74) is 5.38. The van der Waals surface area contributed by atoms with Crippen LogP contribution >= 0.6 is 0 Å². The van der Waals surface area contributed by atoms with Crippen molar-refractivity contribution >= 4 is 16.9 Å². The molecule has 6 heteroatoms. The summed E-state index contributed by atoms with van der Waals surface area (Å²) in [6, 6.07) is 15.9. The number of fused-ring (bicyclic) bond motifs is 1. The van der Waals surface area contributed by atoms with Crippen molar-refractivity contribution in [3.05, 3.63) is 78.4 Å². The first-order valence-electron chi connectivity index (χ1n) is 9.89. The van der Waals surface area contributed by atoms with Crippen molar-refractivity contribution in [3.63, 3.8) is 0 Å². The van der Waals surface area contributed by atoms with E-state index in [1.807, 2.05) is 47.5 Å². The van der Waals surface area contributed by atoms with Crippen LogP contribution in [0.1, 0.15) is 34.8 Å². The Morgan fingerprint density at radius 3 is 2.79 bits per heavy atom. The molecule has 0 aliphatic carbocycles. The normalized spacial score (nSPS) is 16.8. The van der Waals surface area contributed by atoms with E-state index in [9.17, 15) is 4.79 Å². The van der Waals surface area contributed by atoms with Crippen LogP contribution < -0.4 is 0 Å². The highest BCUT2D eigenvalue weighted by molar-refractivity contribution is 6.04. The third-order valence-electron chi connectivity index (χ3n) is 5.60. The molecule has 2 aromatic heterocycles. The molecule has 1 atom stereocenters. The van der Waals surface area contributed by atoms with E-state index in [1.54, 1.807) is 12.4 Å². The highest BCUT2D eigenvalue weighted by atomic mass is 16.2. The molecule has 1 N–H and O–H groups in total. The van der Waals surface area contributed by atoms with Crippen LogP contribution in [0.25, 0.3) is 22.2 Å². The summed E-state index contributed by atoms with van der Waals surface area (Å²) in [4.78, 5) is 24.0. The molecular weight excluding hydrogens is 362 g/mol. The average molecular weight is 383 g/mol. The van der Waals surface area contributed by atoms with E-state index < -0.39 is 0 Å². The average Bonchev–Trinajstić information content (AvgIpc) is 3.29. The van der Waals surface area contributed by atoms with Crippen LogP contribution in [0.15, 0.2) is 67.1 Å². The number of nitrogens with one attached hydrogen (secondary N) is 1. The molecule has 5 rings (SSSR count). The molecule has 2 aromatic carbocycles. The molecule has 4 aromatic rings.